The van der Waals surface area contributed by atoms with E-state index in [9.17, 15) is 4.79 Å². The maximum Gasteiger partial charge on any atom is 0.328 e. The number of allylic oxidation sites excluding steroid dienone is 3. The van der Waals surface area contributed by atoms with Crippen LogP contribution in [0.1, 0.15) is 27.2 Å². The molecule has 0 aromatic carbocycles. The van der Waals surface area contributed by atoms with Crippen molar-refractivity contribution in [2.45, 2.75) is 27.2 Å². The zero-order valence-corrected chi connectivity index (χ0v) is 7.87. The van der Waals surface area contributed by atoms with E-state index in [-0.39, 0.29) is 0 Å². The van der Waals surface area contributed by atoms with Crippen molar-refractivity contribution in [1.82, 2.24) is 0 Å². The average molecular weight is 168 g/mol. The Labute approximate surface area is 73.6 Å². The first-order valence-corrected chi connectivity index (χ1v) is 4.10. The van der Waals surface area contributed by atoms with Crippen LogP contribution in [-0.2, 0) is 4.79 Å². The Morgan fingerprint density at radius 3 is 2.50 bits per heavy atom. The van der Waals surface area contributed by atoms with Gasteiger partial charge in [0.15, 0.2) is 0 Å². The Bertz CT molecular complexity index is 200. The van der Waals surface area contributed by atoms with Crippen LogP contribution in [0, 0.1) is 5.92 Å². The predicted molar refractivity (Wildman–Crippen MR) is 50.0 cm³/mol. The number of aliphatic carboxylic acids is 1. The zero-order chi connectivity index (χ0) is 9.56. The van der Waals surface area contributed by atoms with Crippen LogP contribution >= 0.6 is 0 Å². The highest BCUT2D eigenvalue weighted by Crippen LogP contribution is 2.02. The fraction of sp³-hybridized carbons (Fsp3) is 0.500. The highest BCUT2D eigenvalue weighted by molar-refractivity contribution is 5.81. The molecule has 2 nitrogen and oxygen atoms in total. The molecule has 0 aromatic heterocycles. The minimum atomic E-state index is -0.887. The standard InChI is InChI=1S/C10H16O2/c1-8(2)5-4-6-9(3)7-10(11)12/h4,6-8H,5H2,1-3H3,(H,11,12). The maximum atomic E-state index is 10.2. The molecule has 0 saturated carbocycles. The van der Waals surface area contributed by atoms with Crippen molar-refractivity contribution >= 4 is 5.97 Å². The Hall–Kier alpha value is -1.05. The third kappa shape index (κ3) is 7.06. The van der Waals surface area contributed by atoms with E-state index in [0.29, 0.717) is 5.92 Å². The van der Waals surface area contributed by atoms with E-state index in [4.69, 9.17) is 5.11 Å². The molecule has 0 unspecified atom stereocenters. The van der Waals surface area contributed by atoms with Crippen LogP contribution in [0.5, 0.6) is 0 Å². The number of hydrogen-bond donors (Lipinski definition) is 1. The lowest BCUT2D eigenvalue weighted by molar-refractivity contribution is -0.131. The molecular weight excluding hydrogens is 152 g/mol. The second-order valence-electron chi connectivity index (χ2n) is 3.26. The second-order valence-corrected chi connectivity index (χ2v) is 3.26. The Morgan fingerprint density at radius 1 is 1.50 bits per heavy atom. The van der Waals surface area contributed by atoms with Gasteiger partial charge in [-0.3, -0.25) is 0 Å². The maximum absolute atomic E-state index is 10.2. The third-order valence-corrected chi connectivity index (χ3v) is 1.34. The van der Waals surface area contributed by atoms with E-state index in [2.05, 4.69) is 13.8 Å². The van der Waals surface area contributed by atoms with Gasteiger partial charge in [0.2, 0.25) is 0 Å². The molecule has 0 amide bonds. The largest absolute Gasteiger partial charge is 0.478 e. The lowest BCUT2D eigenvalue weighted by Crippen LogP contribution is -1.88. The monoisotopic (exact) mass is 168 g/mol. The van der Waals surface area contributed by atoms with Crippen molar-refractivity contribution in [3.8, 4) is 0 Å². The van der Waals surface area contributed by atoms with Gasteiger partial charge in [-0.15, -0.1) is 0 Å². The Kier molecular flexibility index (Phi) is 5.09. The summed E-state index contributed by atoms with van der Waals surface area (Å²) in [6.07, 6.45) is 6.04. The topological polar surface area (TPSA) is 37.3 Å². The lowest BCUT2D eigenvalue weighted by Gasteiger charge is -1.96. The highest BCUT2D eigenvalue weighted by Gasteiger charge is 1.90. The number of carbonyl (C=O) groups is 1. The molecule has 0 aliphatic rings. The molecule has 0 fully saturated rings. The quantitative estimate of drug-likeness (QED) is 0.517. The molecule has 2 heteroatoms. The first-order valence-electron chi connectivity index (χ1n) is 4.10. The Morgan fingerprint density at radius 2 is 2.08 bits per heavy atom. The van der Waals surface area contributed by atoms with Crippen LogP contribution < -0.4 is 0 Å². The van der Waals surface area contributed by atoms with Crippen LogP contribution in [0.4, 0.5) is 0 Å². The van der Waals surface area contributed by atoms with Gasteiger partial charge in [0, 0.05) is 6.08 Å². The van der Waals surface area contributed by atoms with Crippen molar-refractivity contribution in [3.05, 3.63) is 23.8 Å². The van der Waals surface area contributed by atoms with Crippen molar-refractivity contribution in [1.29, 1.82) is 0 Å². The van der Waals surface area contributed by atoms with Crippen LogP contribution in [0.3, 0.4) is 0 Å². The van der Waals surface area contributed by atoms with Gasteiger partial charge < -0.3 is 5.11 Å². The molecule has 0 spiro atoms. The van der Waals surface area contributed by atoms with E-state index >= 15 is 0 Å². The molecule has 0 bridgehead atoms. The molecule has 0 radical (unpaired) electrons. The first-order chi connectivity index (χ1) is 5.52. The van der Waals surface area contributed by atoms with Gasteiger partial charge in [0.05, 0.1) is 0 Å². The minimum absolute atomic E-state index is 0.624. The zero-order valence-electron chi connectivity index (χ0n) is 7.87. The minimum Gasteiger partial charge on any atom is -0.478 e. The molecule has 1 N–H and O–H groups in total. The summed E-state index contributed by atoms with van der Waals surface area (Å²) < 4.78 is 0. The summed E-state index contributed by atoms with van der Waals surface area (Å²) in [5.74, 6) is -0.263. The van der Waals surface area contributed by atoms with Gasteiger partial charge in [-0.2, -0.15) is 0 Å². The molecule has 0 aromatic rings. The fourth-order valence-corrected chi connectivity index (χ4v) is 0.769. The smallest absolute Gasteiger partial charge is 0.328 e. The highest BCUT2D eigenvalue weighted by atomic mass is 16.4. The molecule has 12 heavy (non-hydrogen) atoms. The van der Waals surface area contributed by atoms with Gasteiger partial charge in [0.1, 0.15) is 0 Å². The molecular formula is C10H16O2. The second kappa shape index (κ2) is 5.58. The summed E-state index contributed by atoms with van der Waals surface area (Å²) >= 11 is 0. The van der Waals surface area contributed by atoms with Crippen LogP contribution in [0.25, 0.3) is 0 Å². The summed E-state index contributed by atoms with van der Waals surface area (Å²) in [5, 5.41) is 8.38. The molecule has 0 aliphatic carbocycles. The first kappa shape index (κ1) is 11.0. The summed E-state index contributed by atoms with van der Waals surface area (Å²) in [5.41, 5.74) is 0.781. The molecule has 0 atom stereocenters. The van der Waals surface area contributed by atoms with Crippen molar-refractivity contribution in [2.24, 2.45) is 5.92 Å². The number of rotatable bonds is 4. The van der Waals surface area contributed by atoms with Crippen LogP contribution in [0.15, 0.2) is 23.8 Å². The van der Waals surface area contributed by atoms with Gasteiger partial charge >= 0.3 is 5.97 Å². The average Bonchev–Trinajstić information content (AvgIpc) is 1.84. The van der Waals surface area contributed by atoms with Crippen LogP contribution in [0.2, 0.25) is 0 Å². The van der Waals surface area contributed by atoms with Gasteiger partial charge in [-0.05, 0) is 24.8 Å². The van der Waals surface area contributed by atoms with E-state index in [1.807, 2.05) is 12.2 Å². The number of carboxylic acids is 1. The number of carboxylic acid groups (broad SMARTS) is 1. The number of hydrogen-bond acceptors (Lipinski definition) is 1. The molecule has 0 heterocycles. The van der Waals surface area contributed by atoms with E-state index in [1.54, 1.807) is 6.92 Å². The molecule has 0 saturated heterocycles. The third-order valence-electron chi connectivity index (χ3n) is 1.34. The summed E-state index contributed by atoms with van der Waals surface area (Å²) in [7, 11) is 0. The van der Waals surface area contributed by atoms with Crippen LogP contribution in [-0.4, -0.2) is 11.1 Å². The SMILES string of the molecule is CC(C=CCC(C)C)=CC(=O)O. The van der Waals surface area contributed by atoms with Crippen molar-refractivity contribution < 1.29 is 9.90 Å². The van der Waals surface area contributed by atoms with E-state index in [1.165, 1.54) is 6.08 Å². The normalized spacial score (nSPS) is 12.8. The molecule has 68 valence electrons. The fourth-order valence-electron chi connectivity index (χ4n) is 0.769. The molecule has 0 aliphatic heterocycles. The van der Waals surface area contributed by atoms with Crippen molar-refractivity contribution in [3.63, 3.8) is 0 Å². The summed E-state index contributed by atoms with van der Waals surface area (Å²) in [6.45, 7) is 6.03. The van der Waals surface area contributed by atoms with Gasteiger partial charge in [-0.1, -0.05) is 26.0 Å². The Balaban J connectivity index is 3.91. The molecule has 0 rings (SSSR count). The lowest BCUT2D eigenvalue weighted by atomic mass is 10.1. The summed E-state index contributed by atoms with van der Waals surface area (Å²) in [6, 6.07) is 0. The summed E-state index contributed by atoms with van der Waals surface area (Å²) in [4.78, 5) is 10.2. The van der Waals surface area contributed by atoms with E-state index < -0.39 is 5.97 Å². The van der Waals surface area contributed by atoms with Crippen molar-refractivity contribution in [2.75, 3.05) is 0 Å². The predicted octanol–water partition coefficient (Wildman–Crippen LogP) is 2.62. The van der Waals surface area contributed by atoms with E-state index in [0.717, 1.165) is 12.0 Å². The van der Waals surface area contributed by atoms with Gasteiger partial charge in [0.25, 0.3) is 0 Å². The van der Waals surface area contributed by atoms with Gasteiger partial charge in [-0.25, -0.2) is 4.79 Å².